The summed E-state index contributed by atoms with van der Waals surface area (Å²) in [6, 6.07) is 12.1. The summed E-state index contributed by atoms with van der Waals surface area (Å²) >= 11 is 1.38. The van der Waals surface area contributed by atoms with Crippen LogP contribution in [0.2, 0.25) is 0 Å². The molecule has 1 amide bonds. The molecule has 0 aliphatic rings. The van der Waals surface area contributed by atoms with Gasteiger partial charge in [-0.05, 0) is 50.8 Å². The molecule has 1 N–H and O–H groups in total. The van der Waals surface area contributed by atoms with Crippen LogP contribution >= 0.6 is 11.8 Å². The van der Waals surface area contributed by atoms with Gasteiger partial charge < -0.3 is 5.32 Å². The van der Waals surface area contributed by atoms with Crippen molar-refractivity contribution in [2.24, 2.45) is 0 Å². The van der Waals surface area contributed by atoms with Gasteiger partial charge in [-0.15, -0.1) is 0 Å². The lowest BCUT2D eigenvalue weighted by atomic mass is 10.1. The molecular weight excluding hydrogens is 342 g/mol. The topological polar surface area (TPSA) is 65.8 Å². The second-order valence-corrected chi connectivity index (χ2v) is 7.59. The highest BCUT2D eigenvalue weighted by Gasteiger charge is 2.23. The molecular formula is C21H25N3OS. The Balaban J connectivity index is 2.19. The van der Waals surface area contributed by atoms with Gasteiger partial charge in [-0.2, -0.15) is 5.26 Å². The Morgan fingerprint density at radius 2 is 1.88 bits per heavy atom. The number of nitrogens with one attached hydrogen (secondary N) is 1. The molecule has 5 heteroatoms. The molecule has 136 valence electrons. The van der Waals surface area contributed by atoms with Crippen molar-refractivity contribution in [3.8, 4) is 6.07 Å². The molecule has 0 saturated heterocycles. The minimum atomic E-state index is -0.290. The highest BCUT2D eigenvalue weighted by Crippen LogP contribution is 2.31. The maximum Gasteiger partial charge on any atom is 0.234 e. The number of hydrogen-bond acceptors (Lipinski definition) is 4. The van der Waals surface area contributed by atoms with E-state index in [4.69, 9.17) is 0 Å². The number of nitriles is 1. The second-order valence-electron chi connectivity index (χ2n) is 6.39. The lowest BCUT2D eigenvalue weighted by Crippen LogP contribution is -2.34. The first-order valence-electron chi connectivity index (χ1n) is 8.78. The Labute approximate surface area is 160 Å². The Kier molecular flexibility index (Phi) is 6.82. The van der Waals surface area contributed by atoms with Crippen LogP contribution in [-0.2, 0) is 4.79 Å². The van der Waals surface area contributed by atoms with Gasteiger partial charge in [0.1, 0.15) is 11.1 Å². The van der Waals surface area contributed by atoms with E-state index in [-0.39, 0.29) is 17.2 Å². The van der Waals surface area contributed by atoms with E-state index < -0.39 is 0 Å². The van der Waals surface area contributed by atoms with E-state index in [1.807, 2.05) is 65.0 Å². The zero-order chi connectivity index (χ0) is 19.3. The van der Waals surface area contributed by atoms with Gasteiger partial charge in [-0.25, -0.2) is 4.98 Å². The monoisotopic (exact) mass is 367 g/mol. The van der Waals surface area contributed by atoms with Crippen LogP contribution in [0, 0.1) is 32.1 Å². The molecule has 0 unspecified atom stereocenters. The minimum Gasteiger partial charge on any atom is -0.349 e. The van der Waals surface area contributed by atoms with Gasteiger partial charge in [-0.3, -0.25) is 4.79 Å². The molecule has 2 aromatic rings. The number of rotatable bonds is 6. The smallest absolute Gasteiger partial charge is 0.234 e. The summed E-state index contributed by atoms with van der Waals surface area (Å²) in [5, 5.41) is 13.0. The molecule has 26 heavy (non-hydrogen) atoms. The first-order chi connectivity index (χ1) is 12.4. The summed E-state index contributed by atoms with van der Waals surface area (Å²) < 4.78 is 0. The van der Waals surface area contributed by atoms with Crippen molar-refractivity contribution >= 4 is 17.7 Å². The highest BCUT2D eigenvalue weighted by atomic mass is 32.2. The summed E-state index contributed by atoms with van der Waals surface area (Å²) in [6.45, 7) is 9.80. The summed E-state index contributed by atoms with van der Waals surface area (Å²) in [6.07, 6.45) is 0.663. The Morgan fingerprint density at radius 3 is 2.46 bits per heavy atom. The molecule has 0 fully saturated rings. The van der Waals surface area contributed by atoms with Crippen LogP contribution in [0.1, 0.15) is 54.3 Å². The molecule has 2 rings (SSSR count). The standard InChI is InChI=1S/C21H25N3OS/c1-6-19(20(25)23-16(5)17-10-8-7-9-11-17)26-21-18(12-22)14(3)13(2)15(4)24-21/h7-11,16,19H,6H2,1-5H3,(H,23,25)/t16-,19-/m0/s1. The van der Waals surface area contributed by atoms with Crippen molar-refractivity contribution in [3.63, 3.8) is 0 Å². The number of amides is 1. The fraction of sp³-hybridized carbons (Fsp3) is 0.381. The molecule has 0 aliphatic heterocycles. The molecule has 4 nitrogen and oxygen atoms in total. The van der Waals surface area contributed by atoms with Crippen molar-refractivity contribution < 1.29 is 4.79 Å². The highest BCUT2D eigenvalue weighted by molar-refractivity contribution is 8.00. The quantitative estimate of drug-likeness (QED) is 0.756. The molecule has 1 aromatic heterocycles. The largest absolute Gasteiger partial charge is 0.349 e. The van der Waals surface area contributed by atoms with Gasteiger partial charge in [0.05, 0.1) is 16.9 Å². The van der Waals surface area contributed by atoms with Gasteiger partial charge in [0, 0.05) is 5.69 Å². The van der Waals surface area contributed by atoms with Crippen LogP contribution in [0.25, 0.3) is 0 Å². The number of aryl methyl sites for hydroxylation is 1. The van der Waals surface area contributed by atoms with Gasteiger partial charge in [0.25, 0.3) is 0 Å². The van der Waals surface area contributed by atoms with E-state index in [0.717, 1.165) is 22.4 Å². The van der Waals surface area contributed by atoms with Gasteiger partial charge >= 0.3 is 0 Å². The molecule has 0 radical (unpaired) electrons. The van der Waals surface area contributed by atoms with Crippen molar-refractivity contribution in [1.82, 2.24) is 10.3 Å². The predicted octanol–water partition coefficient (Wildman–Crippen LogP) is 4.63. The van der Waals surface area contributed by atoms with E-state index in [9.17, 15) is 10.1 Å². The van der Waals surface area contributed by atoms with Crippen LogP contribution in [0.3, 0.4) is 0 Å². The van der Waals surface area contributed by atoms with Crippen molar-refractivity contribution in [2.75, 3.05) is 0 Å². The first kappa shape index (κ1) is 20.0. The molecule has 0 aliphatic carbocycles. The van der Waals surface area contributed by atoms with E-state index in [1.54, 1.807) is 0 Å². The molecule has 0 spiro atoms. The Hall–Kier alpha value is -2.32. The third-order valence-corrected chi connectivity index (χ3v) is 6.00. The zero-order valence-corrected chi connectivity index (χ0v) is 16.8. The fourth-order valence-corrected chi connectivity index (χ4v) is 3.83. The summed E-state index contributed by atoms with van der Waals surface area (Å²) in [7, 11) is 0. The lowest BCUT2D eigenvalue weighted by molar-refractivity contribution is -0.121. The van der Waals surface area contributed by atoms with Crippen molar-refractivity contribution in [1.29, 1.82) is 5.26 Å². The van der Waals surface area contributed by atoms with E-state index in [1.165, 1.54) is 11.8 Å². The number of carbonyl (C=O) groups excluding carboxylic acids is 1. The number of aromatic nitrogens is 1. The maximum atomic E-state index is 12.8. The normalized spacial score (nSPS) is 12.9. The number of hydrogen-bond donors (Lipinski definition) is 1. The summed E-state index contributed by atoms with van der Waals surface area (Å²) in [5.41, 5.74) is 4.51. The van der Waals surface area contributed by atoms with Crippen LogP contribution in [0.4, 0.5) is 0 Å². The molecule has 2 atom stereocenters. The van der Waals surface area contributed by atoms with Gasteiger partial charge in [0.2, 0.25) is 5.91 Å². The second kappa shape index (κ2) is 8.86. The van der Waals surface area contributed by atoms with E-state index in [2.05, 4.69) is 16.4 Å². The number of carbonyl (C=O) groups is 1. The number of pyridine rings is 1. The molecule has 1 heterocycles. The third kappa shape index (κ3) is 4.44. The zero-order valence-electron chi connectivity index (χ0n) is 16.0. The van der Waals surface area contributed by atoms with Crippen molar-refractivity contribution in [3.05, 3.63) is 58.3 Å². The first-order valence-corrected chi connectivity index (χ1v) is 9.66. The minimum absolute atomic E-state index is 0.0320. The van der Waals surface area contributed by atoms with Crippen molar-refractivity contribution in [2.45, 2.75) is 57.4 Å². The number of benzene rings is 1. The molecule has 1 aromatic carbocycles. The fourth-order valence-electron chi connectivity index (χ4n) is 2.72. The van der Waals surface area contributed by atoms with Gasteiger partial charge in [-0.1, -0.05) is 49.0 Å². The van der Waals surface area contributed by atoms with Crippen LogP contribution in [-0.4, -0.2) is 16.1 Å². The summed E-state index contributed by atoms with van der Waals surface area (Å²) in [5.74, 6) is -0.0320. The van der Waals surface area contributed by atoms with Crippen LogP contribution in [0.15, 0.2) is 35.4 Å². The summed E-state index contributed by atoms with van der Waals surface area (Å²) in [4.78, 5) is 17.3. The molecule has 0 bridgehead atoms. The predicted molar refractivity (Wildman–Crippen MR) is 106 cm³/mol. The van der Waals surface area contributed by atoms with E-state index in [0.29, 0.717) is 17.0 Å². The molecule has 0 saturated carbocycles. The Morgan fingerprint density at radius 1 is 1.23 bits per heavy atom. The Bertz CT molecular complexity index is 827. The number of nitrogens with zero attached hydrogens (tertiary/aromatic N) is 2. The average molecular weight is 368 g/mol. The van der Waals surface area contributed by atoms with Crippen LogP contribution in [0.5, 0.6) is 0 Å². The maximum absolute atomic E-state index is 12.8. The van der Waals surface area contributed by atoms with Gasteiger partial charge in [0.15, 0.2) is 0 Å². The van der Waals surface area contributed by atoms with Crippen LogP contribution < -0.4 is 5.32 Å². The lowest BCUT2D eigenvalue weighted by Gasteiger charge is -2.20. The average Bonchev–Trinajstić information content (AvgIpc) is 2.64. The van der Waals surface area contributed by atoms with E-state index >= 15 is 0 Å². The number of thioether (sulfide) groups is 1. The third-order valence-electron chi connectivity index (χ3n) is 4.65. The SMILES string of the molecule is CC[C@H](Sc1nc(C)c(C)c(C)c1C#N)C(=O)N[C@@H](C)c1ccccc1.